The van der Waals surface area contributed by atoms with Gasteiger partial charge in [-0.3, -0.25) is 4.79 Å². The Hall–Kier alpha value is -2.77. The van der Waals surface area contributed by atoms with Crippen molar-refractivity contribution in [3.8, 4) is 0 Å². The van der Waals surface area contributed by atoms with Gasteiger partial charge in [0.05, 0.1) is 0 Å². The van der Waals surface area contributed by atoms with E-state index in [-0.39, 0.29) is 5.91 Å². The molecule has 0 aromatic carbocycles. The number of piperazine rings is 1. The monoisotopic (exact) mass is 381 g/mol. The van der Waals surface area contributed by atoms with Gasteiger partial charge >= 0.3 is 0 Å². The number of hydrogen-bond donors (Lipinski definition) is 0. The van der Waals surface area contributed by atoms with Gasteiger partial charge in [-0.15, -0.1) is 10.2 Å². The van der Waals surface area contributed by atoms with Crippen LogP contribution in [0.2, 0.25) is 0 Å². The van der Waals surface area contributed by atoms with E-state index in [1.807, 2.05) is 23.1 Å². The third-order valence-corrected chi connectivity index (χ3v) is 5.67. The summed E-state index contributed by atoms with van der Waals surface area (Å²) in [6, 6.07) is 5.89. The van der Waals surface area contributed by atoms with Crippen LogP contribution >= 0.6 is 0 Å². The first-order valence-electron chi connectivity index (χ1n) is 10.2. The molecule has 2 aromatic heterocycles. The van der Waals surface area contributed by atoms with Gasteiger partial charge in [0.25, 0.3) is 5.91 Å². The van der Waals surface area contributed by atoms with Crippen molar-refractivity contribution in [3.05, 3.63) is 36.3 Å². The third kappa shape index (κ3) is 3.90. The first-order chi connectivity index (χ1) is 13.8. The van der Waals surface area contributed by atoms with E-state index >= 15 is 0 Å². The maximum Gasteiger partial charge on any atom is 0.274 e. The molecule has 2 aliphatic heterocycles. The minimum absolute atomic E-state index is 0.0108. The molecule has 2 saturated heterocycles. The molecule has 2 aromatic rings. The summed E-state index contributed by atoms with van der Waals surface area (Å²) in [4.78, 5) is 27.8. The fourth-order valence-corrected chi connectivity index (χ4v) is 4.04. The van der Waals surface area contributed by atoms with E-state index in [1.165, 1.54) is 6.42 Å². The van der Waals surface area contributed by atoms with E-state index in [4.69, 9.17) is 0 Å². The zero-order valence-corrected chi connectivity index (χ0v) is 16.4. The molecule has 4 rings (SSSR count). The van der Waals surface area contributed by atoms with Crippen LogP contribution in [0, 0.1) is 0 Å². The quantitative estimate of drug-likeness (QED) is 0.801. The first kappa shape index (κ1) is 18.6. The number of amides is 1. The van der Waals surface area contributed by atoms with Gasteiger partial charge in [0.2, 0.25) is 5.95 Å². The lowest BCUT2D eigenvalue weighted by Crippen LogP contribution is -2.47. The molecule has 0 bridgehead atoms. The molecule has 8 nitrogen and oxygen atoms in total. The zero-order valence-electron chi connectivity index (χ0n) is 16.4. The first-order valence-corrected chi connectivity index (χ1v) is 10.2. The summed E-state index contributed by atoms with van der Waals surface area (Å²) in [5, 5.41) is 8.60. The average Bonchev–Trinajstić information content (AvgIpc) is 2.79. The normalized spacial score (nSPS) is 20.3. The number of carbonyl (C=O) groups is 1. The van der Waals surface area contributed by atoms with Crippen LogP contribution in [0.1, 0.15) is 43.1 Å². The molecule has 0 radical (unpaired) electrons. The van der Waals surface area contributed by atoms with Crippen molar-refractivity contribution in [2.24, 2.45) is 0 Å². The summed E-state index contributed by atoms with van der Waals surface area (Å²) in [6.45, 7) is 6.28. The highest BCUT2D eigenvalue weighted by Gasteiger charge is 2.27. The van der Waals surface area contributed by atoms with Crippen LogP contribution in [-0.4, -0.2) is 69.7 Å². The molecule has 0 N–H and O–H groups in total. The number of nitrogens with zero attached hydrogens (tertiary/aromatic N) is 7. The van der Waals surface area contributed by atoms with Gasteiger partial charge in [0.15, 0.2) is 11.5 Å². The maximum atomic E-state index is 12.8. The number of likely N-dealkylation sites (tertiary alicyclic amines) is 1. The van der Waals surface area contributed by atoms with Gasteiger partial charge in [-0.05, 0) is 43.9 Å². The van der Waals surface area contributed by atoms with Crippen molar-refractivity contribution in [1.82, 2.24) is 25.1 Å². The molecule has 148 valence electrons. The molecule has 0 aliphatic carbocycles. The largest absolute Gasteiger partial charge is 0.352 e. The highest BCUT2D eigenvalue weighted by atomic mass is 16.2. The SMILES string of the molecule is CCC1CCCCN1C(=O)c1ccc(N2CCN(c3ncccn3)CC2)nn1. The molecule has 0 saturated carbocycles. The van der Waals surface area contributed by atoms with Gasteiger partial charge in [0.1, 0.15) is 0 Å². The molecule has 2 aliphatic rings. The van der Waals surface area contributed by atoms with Crippen LogP contribution < -0.4 is 9.80 Å². The standard InChI is InChI=1S/C20H27N7O/c1-2-16-6-3-4-11-27(16)19(28)17-7-8-18(24-23-17)25-12-14-26(15-13-25)20-21-9-5-10-22-20/h5,7-10,16H,2-4,6,11-15H2,1H3. The summed E-state index contributed by atoms with van der Waals surface area (Å²) >= 11 is 0. The minimum atomic E-state index is 0.0108. The van der Waals surface area contributed by atoms with Crippen LogP contribution in [0.5, 0.6) is 0 Å². The van der Waals surface area contributed by atoms with Crippen molar-refractivity contribution in [3.63, 3.8) is 0 Å². The van der Waals surface area contributed by atoms with E-state index in [0.717, 1.165) is 63.8 Å². The molecule has 1 atom stereocenters. The second-order valence-corrected chi connectivity index (χ2v) is 7.36. The molecule has 8 heteroatoms. The van der Waals surface area contributed by atoms with Crippen LogP contribution in [-0.2, 0) is 0 Å². The van der Waals surface area contributed by atoms with E-state index in [9.17, 15) is 4.79 Å². The molecule has 1 unspecified atom stereocenters. The number of piperidine rings is 1. The average molecular weight is 381 g/mol. The van der Waals surface area contributed by atoms with Crippen LogP contribution in [0.15, 0.2) is 30.6 Å². The Bertz CT molecular complexity index is 775. The predicted octanol–water partition coefficient (Wildman–Crippen LogP) is 2.00. The Kier molecular flexibility index (Phi) is 5.64. The Labute approximate surface area is 165 Å². The Morgan fingerprint density at radius 2 is 1.75 bits per heavy atom. The topological polar surface area (TPSA) is 78.4 Å². The summed E-state index contributed by atoms with van der Waals surface area (Å²) < 4.78 is 0. The molecule has 4 heterocycles. The molecule has 0 spiro atoms. The minimum Gasteiger partial charge on any atom is -0.352 e. The number of hydrogen-bond acceptors (Lipinski definition) is 7. The van der Waals surface area contributed by atoms with Gasteiger partial charge < -0.3 is 14.7 Å². The Morgan fingerprint density at radius 1 is 1.00 bits per heavy atom. The van der Waals surface area contributed by atoms with Crippen molar-refractivity contribution >= 4 is 17.7 Å². The molecule has 2 fully saturated rings. The van der Waals surface area contributed by atoms with E-state index in [1.54, 1.807) is 12.4 Å². The molecular formula is C20H27N7O. The molecule has 28 heavy (non-hydrogen) atoms. The molecule has 1 amide bonds. The van der Waals surface area contributed by atoms with Crippen molar-refractivity contribution in [2.45, 2.75) is 38.6 Å². The fraction of sp³-hybridized carbons (Fsp3) is 0.550. The van der Waals surface area contributed by atoms with Gasteiger partial charge in [-0.2, -0.15) is 0 Å². The summed E-state index contributed by atoms with van der Waals surface area (Å²) in [5.41, 5.74) is 0.445. The van der Waals surface area contributed by atoms with Crippen molar-refractivity contribution in [1.29, 1.82) is 0 Å². The smallest absolute Gasteiger partial charge is 0.274 e. The lowest BCUT2D eigenvalue weighted by Gasteiger charge is -2.35. The third-order valence-electron chi connectivity index (χ3n) is 5.67. The van der Waals surface area contributed by atoms with E-state index < -0.39 is 0 Å². The summed E-state index contributed by atoms with van der Waals surface area (Å²) in [7, 11) is 0. The fourth-order valence-electron chi connectivity index (χ4n) is 4.04. The molecular weight excluding hydrogens is 354 g/mol. The van der Waals surface area contributed by atoms with E-state index in [2.05, 4.69) is 36.9 Å². The van der Waals surface area contributed by atoms with Gasteiger partial charge in [0, 0.05) is 51.2 Å². The van der Waals surface area contributed by atoms with Gasteiger partial charge in [-0.25, -0.2) is 9.97 Å². The lowest BCUT2D eigenvalue weighted by atomic mass is 9.99. The Balaban J connectivity index is 1.38. The van der Waals surface area contributed by atoms with E-state index in [0.29, 0.717) is 11.7 Å². The van der Waals surface area contributed by atoms with Crippen molar-refractivity contribution in [2.75, 3.05) is 42.5 Å². The number of anilines is 2. The number of rotatable bonds is 4. The predicted molar refractivity (Wildman–Crippen MR) is 107 cm³/mol. The summed E-state index contributed by atoms with van der Waals surface area (Å²) in [6.07, 6.45) is 7.88. The highest BCUT2D eigenvalue weighted by Crippen LogP contribution is 2.22. The second-order valence-electron chi connectivity index (χ2n) is 7.36. The lowest BCUT2D eigenvalue weighted by molar-refractivity contribution is 0.0600. The van der Waals surface area contributed by atoms with Crippen LogP contribution in [0.4, 0.5) is 11.8 Å². The van der Waals surface area contributed by atoms with Crippen LogP contribution in [0.3, 0.4) is 0 Å². The summed E-state index contributed by atoms with van der Waals surface area (Å²) in [5.74, 6) is 1.59. The Morgan fingerprint density at radius 3 is 2.43 bits per heavy atom. The number of carbonyl (C=O) groups excluding carboxylic acids is 1. The van der Waals surface area contributed by atoms with Gasteiger partial charge in [-0.1, -0.05) is 6.92 Å². The van der Waals surface area contributed by atoms with Crippen molar-refractivity contribution < 1.29 is 4.79 Å². The van der Waals surface area contributed by atoms with Crippen LogP contribution in [0.25, 0.3) is 0 Å². The maximum absolute atomic E-state index is 12.8. The highest BCUT2D eigenvalue weighted by molar-refractivity contribution is 5.92. The second kappa shape index (κ2) is 8.50. The zero-order chi connectivity index (χ0) is 19.3. The number of aromatic nitrogens is 4.